The molecule has 1 heterocycles. The first-order valence-electron chi connectivity index (χ1n) is 6.32. The summed E-state index contributed by atoms with van der Waals surface area (Å²) in [6, 6.07) is 5.25. The molecule has 0 saturated heterocycles. The van der Waals surface area contributed by atoms with Crippen molar-refractivity contribution in [2.75, 3.05) is 13.1 Å². The van der Waals surface area contributed by atoms with Gasteiger partial charge in [0, 0.05) is 24.6 Å². The predicted molar refractivity (Wildman–Crippen MR) is 67.0 cm³/mol. The van der Waals surface area contributed by atoms with Crippen LogP contribution in [0.5, 0.6) is 0 Å². The molecule has 3 nitrogen and oxygen atoms in total. The van der Waals surface area contributed by atoms with Gasteiger partial charge < -0.3 is 5.11 Å². The minimum atomic E-state index is -0.772. The zero-order valence-corrected chi connectivity index (χ0v) is 10.5. The molecule has 0 spiro atoms. The molecule has 0 radical (unpaired) electrons. The molecule has 0 saturated carbocycles. The Labute approximate surface area is 106 Å². The summed E-state index contributed by atoms with van der Waals surface area (Å²) in [5.74, 6) is -0.922. The number of halogens is 1. The van der Waals surface area contributed by atoms with Crippen LogP contribution in [-0.2, 0) is 11.2 Å². The fourth-order valence-electron chi connectivity index (χ4n) is 2.65. The molecule has 1 aliphatic heterocycles. The molecule has 1 N–H and O–H groups in total. The van der Waals surface area contributed by atoms with Crippen molar-refractivity contribution in [2.24, 2.45) is 0 Å². The monoisotopic (exact) mass is 251 g/mol. The quantitative estimate of drug-likeness (QED) is 0.894. The van der Waals surface area contributed by atoms with E-state index in [2.05, 4.69) is 4.90 Å². The summed E-state index contributed by atoms with van der Waals surface area (Å²) in [4.78, 5) is 12.7. The van der Waals surface area contributed by atoms with Crippen LogP contribution in [-0.4, -0.2) is 29.1 Å². The number of rotatable bonds is 4. The highest BCUT2D eigenvalue weighted by Crippen LogP contribution is 2.31. The van der Waals surface area contributed by atoms with Gasteiger partial charge in [0.05, 0.1) is 0 Å². The lowest BCUT2D eigenvalue weighted by Gasteiger charge is -2.35. The molecular formula is C14H18FNO2. The largest absolute Gasteiger partial charge is 0.481 e. The molecule has 1 unspecified atom stereocenters. The Morgan fingerprint density at radius 3 is 3.06 bits per heavy atom. The molecule has 1 aliphatic rings. The first-order valence-corrected chi connectivity index (χ1v) is 6.32. The van der Waals surface area contributed by atoms with Gasteiger partial charge in [-0.25, -0.2) is 4.39 Å². The molecule has 0 aliphatic carbocycles. The number of carbonyl (C=O) groups is 1. The van der Waals surface area contributed by atoms with E-state index in [4.69, 9.17) is 5.11 Å². The number of nitrogens with zero attached hydrogens (tertiary/aromatic N) is 1. The lowest BCUT2D eigenvalue weighted by molar-refractivity contribution is -0.137. The zero-order valence-electron chi connectivity index (χ0n) is 10.5. The van der Waals surface area contributed by atoms with Crippen LogP contribution in [0.1, 0.15) is 36.9 Å². The molecule has 1 aromatic rings. The summed E-state index contributed by atoms with van der Waals surface area (Å²) >= 11 is 0. The first-order chi connectivity index (χ1) is 8.59. The molecule has 0 bridgehead atoms. The minimum Gasteiger partial charge on any atom is -0.481 e. The molecular weight excluding hydrogens is 233 g/mol. The van der Waals surface area contributed by atoms with Crippen LogP contribution >= 0.6 is 0 Å². The maximum atomic E-state index is 13.8. The van der Waals surface area contributed by atoms with Gasteiger partial charge in [0.25, 0.3) is 0 Å². The molecule has 4 heteroatoms. The second-order valence-electron chi connectivity index (χ2n) is 4.77. The molecule has 2 rings (SSSR count). The summed E-state index contributed by atoms with van der Waals surface area (Å²) in [6.07, 6.45) is 1.63. The first kappa shape index (κ1) is 13.0. The van der Waals surface area contributed by atoms with Crippen LogP contribution < -0.4 is 0 Å². The van der Waals surface area contributed by atoms with E-state index in [1.807, 2.05) is 13.0 Å². The number of carboxylic acid groups (broad SMARTS) is 1. The van der Waals surface area contributed by atoms with Gasteiger partial charge in [-0.05, 0) is 37.9 Å². The molecule has 1 atom stereocenters. The fraction of sp³-hybridized carbons (Fsp3) is 0.500. The number of aliphatic carboxylic acids is 1. The molecule has 0 aromatic heterocycles. The highest BCUT2D eigenvalue weighted by Gasteiger charge is 2.25. The number of benzene rings is 1. The van der Waals surface area contributed by atoms with Crippen molar-refractivity contribution in [1.82, 2.24) is 4.90 Å². The SMILES string of the molecule is CC1c2c(F)cccc2CCN1CCCC(=O)O. The van der Waals surface area contributed by atoms with Crippen LogP contribution in [0, 0.1) is 5.82 Å². The van der Waals surface area contributed by atoms with E-state index in [-0.39, 0.29) is 18.3 Å². The Morgan fingerprint density at radius 2 is 2.33 bits per heavy atom. The number of fused-ring (bicyclic) bond motifs is 1. The standard InChI is InChI=1S/C14H18FNO2/c1-10-14-11(4-2-5-12(14)15)7-9-16(10)8-3-6-13(17)18/h2,4-5,10H,3,6-9H2,1H3,(H,17,18). The van der Waals surface area contributed by atoms with Crippen molar-refractivity contribution in [3.05, 3.63) is 35.1 Å². The highest BCUT2D eigenvalue weighted by atomic mass is 19.1. The lowest BCUT2D eigenvalue weighted by Crippen LogP contribution is -2.35. The second-order valence-corrected chi connectivity index (χ2v) is 4.77. The molecule has 98 valence electrons. The summed E-state index contributed by atoms with van der Waals surface area (Å²) in [5, 5.41) is 8.63. The fourth-order valence-corrected chi connectivity index (χ4v) is 2.65. The van der Waals surface area contributed by atoms with Crippen molar-refractivity contribution in [3.63, 3.8) is 0 Å². The van der Waals surface area contributed by atoms with E-state index >= 15 is 0 Å². The van der Waals surface area contributed by atoms with Crippen LogP contribution in [0.2, 0.25) is 0 Å². The van der Waals surface area contributed by atoms with Crippen LogP contribution in [0.3, 0.4) is 0 Å². The maximum absolute atomic E-state index is 13.8. The number of hydrogen-bond acceptors (Lipinski definition) is 2. The summed E-state index contributed by atoms with van der Waals surface area (Å²) in [6.45, 7) is 3.57. The van der Waals surface area contributed by atoms with Crippen LogP contribution in [0.25, 0.3) is 0 Å². The van der Waals surface area contributed by atoms with E-state index in [0.29, 0.717) is 13.0 Å². The van der Waals surface area contributed by atoms with E-state index in [9.17, 15) is 9.18 Å². The van der Waals surface area contributed by atoms with Gasteiger partial charge in [-0.2, -0.15) is 0 Å². The van der Waals surface area contributed by atoms with Gasteiger partial charge in [-0.3, -0.25) is 9.69 Å². The third-order valence-electron chi connectivity index (χ3n) is 3.61. The smallest absolute Gasteiger partial charge is 0.303 e. The minimum absolute atomic E-state index is 0.0312. The average molecular weight is 251 g/mol. The van der Waals surface area contributed by atoms with E-state index in [0.717, 1.165) is 24.1 Å². The second kappa shape index (κ2) is 5.48. The van der Waals surface area contributed by atoms with Gasteiger partial charge >= 0.3 is 5.97 Å². The summed E-state index contributed by atoms with van der Waals surface area (Å²) < 4.78 is 13.8. The van der Waals surface area contributed by atoms with Crippen LogP contribution in [0.4, 0.5) is 4.39 Å². The third-order valence-corrected chi connectivity index (χ3v) is 3.61. The van der Waals surface area contributed by atoms with Crippen molar-refractivity contribution in [2.45, 2.75) is 32.2 Å². The van der Waals surface area contributed by atoms with E-state index in [1.54, 1.807) is 6.07 Å². The molecule has 18 heavy (non-hydrogen) atoms. The van der Waals surface area contributed by atoms with Crippen molar-refractivity contribution >= 4 is 5.97 Å². The van der Waals surface area contributed by atoms with Crippen molar-refractivity contribution in [3.8, 4) is 0 Å². The predicted octanol–water partition coefficient (Wildman–Crippen LogP) is 2.61. The molecule has 0 amide bonds. The van der Waals surface area contributed by atoms with Crippen molar-refractivity contribution < 1.29 is 14.3 Å². The Hall–Kier alpha value is -1.42. The third kappa shape index (κ3) is 2.70. The maximum Gasteiger partial charge on any atom is 0.303 e. The Balaban J connectivity index is 2.05. The number of hydrogen-bond donors (Lipinski definition) is 1. The van der Waals surface area contributed by atoms with E-state index in [1.165, 1.54) is 6.07 Å². The van der Waals surface area contributed by atoms with Gasteiger partial charge in [-0.1, -0.05) is 12.1 Å². The normalized spacial score (nSPS) is 19.6. The topological polar surface area (TPSA) is 40.5 Å². The van der Waals surface area contributed by atoms with E-state index < -0.39 is 5.97 Å². The zero-order chi connectivity index (χ0) is 13.1. The Kier molecular flexibility index (Phi) is 3.97. The highest BCUT2D eigenvalue weighted by molar-refractivity contribution is 5.66. The summed E-state index contributed by atoms with van der Waals surface area (Å²) in [7, 11) is 0. The molecule has 1 aromatic carbocycles. The van der Waals surface area contributed by atoms with Gasteiger partial charge in [0.2, 0.25) is 0 Å². The number of carboxylic acids is 1. The molecule has 0 fully saturated rings. The van der Waals surface area contributed by atoms with Gasteiger partial charge in [-0.15, -0.1) is 0 Å². The van der Waals surface area contributed by atoms with Crippen LogP contribution in [0.15, 0.2) is 18.2 Å². The lowest BCUT2D eigenvalue weighted by atomic mass is 9.93. The Bertz CT molecular complexity index is 447. The van der Waals surface area contributed by atoms with Crippen molar-refractivity contribution in [1.29, 1.82) is 0 Å². The van der Waals surface area contributed by atoms with Gasteiger partial charge in [0.15, 0.2) is 0 Å². The average Bonchev–Trinajstić information content (AvgIpc) is 2.32. The summed E-state index contributed by atoms with van der Waals surface area (Å²) in [5.41, 5.74) is 1.86. The Morgan fingerprint density at radius 1 is 1.56 bits per heavy atom. The van der Waals surface area contributed by atoms with Gasteiger partial charge in [0.1, 0.15) is 5.82 Å².